The minimum atomic E-state index is -4.00. The molecule has 3 N–H and O–H groups in total. The van der Waals surface area contributed by atoms with Gasteiger partial charge in [-0.25, -0.2) is 27.6 Å². The number of amides is 3. The summed E-state index contributed by atoms with van der Waals surface area (Å²) < 4.78 is 57.0. The lowest BCUT2D eigenvalue weighted by atomic mass is 9.86. The lowest BCUT2D eigenvalue weighted by Crippen LogP contribution is -2.51. The maximum Gasteiger partial charge on any atom is 0.407 e. The molecule has 0 atom stereocenters. The van der Waals surface area contributed by atoms with Crippen molar-refractivity contribution in [3.05, 3.63) is 25.3 Å². The minimum Gasteiger partial charge on any atom is -0.460 e. The fraction of sp³-hybridized carbons (Fsp3) is 0.654. The molecule has 0 aromatic rings. The average Bonchev–Trinajstić information content (AvgIpc) is 2.98. The second-order valence-electron chi connectivity index (χ2n) is 8.71. The van der Waals surface area contributed by atoms with Gasteiger partial charge >= 0.3 is 24.1 Å². The van der Waals surface area contributed by atoms with Crippen molar-refractivity contribution < 1.29 is 60.8 Å². The van der Waals surface area contributed by atoms with Gasteiger partial charge in [0.05, 0.1) is 32.2 Å². The van der Waals surface area contributed by atoms with Crippen LogP contribution in [0.15, 0.2) is 25.3 Å². The Kier molecular flexibility index (Phi) is 20.9. The summed E-state index contributed by atoms with van der Waals surface area (Å²) in [6.45, 7) is 8.95. The average molecular weight is 638 g/mol. The van der Waals surface area contributed by atoms with Gasteiger partial charge in [-0.05, 0) is 12.8 Å². The number of nitrogens with one attached hydrogen (secondary N) is 3. The van der Waals surface area contributed by atoms with Crippen LogP contribution >= 0.6 is 0 Å². The van der Waals surface area contributed by atoms with Crippen molar-refractivity contribution in [1.29, 1.82) is 0 Å². The molecule has 43 heavy (non-hydrogen) atoms. The van der Waals surface area contributed by atoms with Crippen LogP contribution in [0, 0.1) is 5.41 Å². The first-order valence-electron chi connectivity index (χ1n) is 13.5. The van der Waals surface area contributed by atoms with Crippen molar-refractivity contribution in [3.8, 4) is 0 Å². The van der Waals surface area contributed by atoms with Crippen LogP contribution in [0.25, 0.3) is 0 Å². The van der Waals surface area contributed by atoms with Gasteiger partial charge in [-0.3, -0.25) is 9.52 Å². The standard InChI is InChI=1S/C26H43N3O13S/c1-5-9-18-43(35,36)29-23(32)26(8-4,19-41-24(33)27-10-12-37-14-16-39-21(30)6-2)20-42-25(34)28-11-13-38-15-17-40-22(31)7-3/h6-7H,2-3,5,8-20H2,1,4H3,(H,27,33)(H,28,34)(H,29,32). The van der Waals surface area contributed by atoms with E-state index in [0.717, 1.165) is 12.2 Å². The summed E-state index contributed by atoms with van der Waals surface area (Å²) in [6.07, 6.45) is 1.01. The summed E-state index contributed by atoms with van der Waals surface area (Å²) in [5.41, 5.74) is -1.73. The quantitative estimate of drug-likeness (QED) is 0.0573. The van der Waals surface area contributed by atoms with Gasteiger partial charge in [-0.1, -0.05) is 33.4 Å². The van der Waals surface area contributed by atoms with Crippen molar-refractivity contribution in [1.82, 2.24) is 15.4 Å². The third kappa shape index (κ3) is 19.2. The van der Waals surface area contributed by atoms with E-state index >= 15 is 0 Å². The summed E-state index contributed by atoms with van der Waals surface area (Å²) in [5, 5.41) is 4.80. The van der Waals surface area contributed by atoms with Crippen molar-refractivity contribution in [3.63, 3.8) is 0 Å². The second kappa shape index (κ2) is 22.8. The number of ether oxygens (including phenoxy) is 6. The third-order valence-electron chi connectivity index (χ3n) is 5.44. The van der Waals surface area contributed by atoms with E-state index in [9.17, 15) is 32.4 Å². The first-order chi connectivity index (χ1) is 20.4. The monoisotopic (exact) mass is 637 g/mol. The Bertz CT molecular complexity index is 968. The van der Waals surface area contributed by atoms with E-state index in [1.165, 1.54) is 0 Å². The third-order valence-corrected chi connectivity index (χ3v) is 6.76. The Morgan fingerprint density at radius 1 is 0.721 bits per heavy atom. The number of carbonyl (C=O) groups excluding carboxylic acids is 5. The van der Waals surface area contributed by atoms with E-state index in [0.29, 0.717) is 12.8 Å². The highest BCUT2D eigenvalue weighted by molar-refractivity contribution is 7.90. The van der Waals surface area contributed by atoms with Crippen LogP contribution in [-0.4, -0.2) is 110 Å². The minimum absolute atomic E-state index is 0.00157. The molecular weight excluding hydrogens is 594 g/mol. The van der Waals surface area contributed by atoms with Crippen molar-refractivity contribution in [2.75, 3.05) is 71.7 Å². The highest BCUT2D eigenvalue weighted by atomic mass is 32.2. The number of esters is 2. The molecule has 0 bridgehead atoms. The van der Waals surface area contributed by atoms with Crippen LogP contribution < -0.4 is 15.4 Å². The first-order valence-corrected chi connectivity index (χ1v) is 15.2. The number of unbranched alkanes of at least 4 members (excludes halogenated alkanes) is 1. The molecule has 0 saturated heterocycles. The van der Waals surface area contributed by atoms with E-state index in [-0.39, 0.29) is 64.9 Å². The molecule has 0 spiro atoms. The number of hydrogen-bond donors (Lipinski definition) is 3. The van der Waals surface area contributed by atoms with Crippen LogP contribution in [0.4, 0.5) is 9.59 Å². The zero-order valence-corrected chi connectivity index (χ0v) is 25.5. The van der Waals surface area contributed by atoms with Gasteiger partial charge in [0, 0.05) is 25.2 Å². The molecule has 0 aliphatic rings. The van der Waals surface area contributed by atoms with Crippen LogP contribution in [0.2, 0.25) is 0 Å². The zero-order chi connectivity index (χ0) is 32.6. The molecular formula is C26H43N3O13S. The number of rotatable bonds is 24. The van der Waals surface area contributed by atoms with Crippen LogP contribution in [0.1, 0.15) is 33.1 Å². The number of carbonyl (C=O) groups is 5. The van der Waals surface area contributed by atoms with Crippen LogP contribution in [0.3, 0.4) is 0 Å². The van der Waals surface area contributed by atoms with Gasteiger partial charge in [0.15, 0.2) is 0 Å². The van der Waals surface area contributed by atoms with E-state index in [2.05, 4.69) is 23.8 Å². The van der Waals surface area contributed by atoms with Gasteiger partial charge in [-0.2, -0.15) is 0 Å². The van der Waals surface area contributed by atoms with E-state index < -0.39 is 58.7 Å². The molecule has 0 radical (unpaired) electrons. The largest absolute Gasteiger partial charge is 0.460 e. The first kappa shape index (κ1) is 39.3. The summed E-state index contributed by atoms with van der Waals surface area (Å²) in [5.74, 6) is -2.48. The van der Waals surface area contributed by atoms with E-state index in [4.69, 9.17) is 28.4 Å². The number of hydrogen-bond acceptors (Lipinski definition) is 13. The van der Waals surface area contributed by atoms with Crippen molar-refractivity contribution >= 4 is 40.1 Å². The van der Waals surface area contributed by atoms with Crippen LogP contribution in [-0.2, 0) is 52.8 Å². The van der Waals surface area contributed by atoms with Gasteiger partial charge < -0.3 is 39.1 Å². The van der Waals surface area contributed by atoms with Crippen molar-refractivity contribution in [2.45, 2.75) is 33.1 Å². The molecule has 0 aliphatic carbocycles. The van der Waals surface area contributed by atoms with E-state index in [1.54, 1.807) is 13.8 Å². The van der Waals surface area contributed by atoms with Gasteiger partial charge in [0.2, 0.25) is 15.9 Å². The van der Waals surface area contributed by atoms with Crippen LogP contribution in [0.5, 0.6) is 0 Å². The molecule has 0 heterocycles. The van der Waals surface area contributed by atoms with Gasteiger partial charge in [-0.15, -0.1) is 0 Å². The molecule has 0 aromatic carbocycles. The Morgan fingerprint density at radius 2 is 1.19 bits per heavy atom. The summed E-state index contributed by atoms with van der Waals surface area (Å²) in [7, 11) is -4.00. The summed E-state index contributed by atoms with van der Waals surface area (Å²) in [4.78, 5) is 59.5. The Morgan fingerprint density at radius 3 is 1.58 bits per heavy atom. The maximum absolute atomic E-state index is 13.1. The molecule has 0 saturated carbocycles. The van der Waals surface area contributed by atoms with Gasteiger partial charge in [0.25, 0.3) is 0 Å². The molecule has 16 nitrogen and oxygen atoms in total. The molecule has 0 rings (SSSR count). The predicted molar refractivity (Wildman–Crippen MR) is 152 cm³/mol. The molecule has 0 aromatic heterocycles. The summed E-state index contributed by atoms with van der Waals surface area (Å²) >= 11 is 0. The fourth-order valence-corrected chi connectivity index (χ4v) is 4.13. The zero-order valence-electron chi connectivity index (χ0n) is 24.7. The smallest absolute Gasteiger partial charge is 0.407 e. The molecule has 3 amide bonds. The predicted octanol–water partition coefficient (Wildman–Crippen LogP) is 0.573. The molecule has 0 fully saturated rings. The summed E-state index contributed by atoms with van der Waals surface area (Å²) in [6, 6.07) is 0. The lowest BCUT2D eigenvalue weighted by Gasteiger charge is -2.30. The molecule has 0 aliphatic heterocycles. The molecule has 0 unspecified atom stereocenters. The normalized spacial score (nSPS) is 11.0. The second-order valence-corrected chi connectivity index (χ2v) is 10.6. The topological polar surface area (TPSA) is 211 Å². The van der Waals surface area contributed by atoms with E-state index in [1.807, 2.05) is 4.72 Å². The molecule has 246 valence electrons. The number of alkyl carbamates (subject to hydrolysis) is 2. The fourth-order valence-electron chi connectivity index (χ4n) is 2.86. The number of sulfonamides is 1. The highest BCUT2D eigenvalue weighted by Crippen LogP contribution is 2.24. The Balaban J connectivity index is 4.96. The lowest BCUT2D eigenvalue weighted by molar-refractivity contribution is -0.140. The molecule has 17 heteroatoms. The Labute approximate surface area is 251 Å². The van der Waals surface area contributed by atoms with Crippen molar-refractivity contribution in [2.24, 2.45) is 5.41 Å². The highest BCUT2D eigenvalue weighted by Gasteiger charge is 2.42. The maximum atomic E-state index is 13.1. The Hall–Kier alpha value is -3.70. The van der Waals surface area contributed by atoms with Gasteiger partial charge in [0.1, 0.15) is 31.8 Å². The SMILES string of the molecule is C=CC(=O)OCCOCCNC(=O)OCC(CC)(COC(=O)NCCOCCOC(=O)C=C)C(=O)NS(=O)(=O)CCCC.